The monoisotopic (exact) mass is 406 g/mol. The molecule has 1 amide bonds. The van der Waals surface area contributed by atoms with Crippen molar-refractivity contribution >= 4 is 23.4 Å². The predicted molar refractivity (Wildman–Crippen MR) is 95.6 cm³/mol. The highest BCUT2D eigenvalue weighted by Crippen LogP contribution is 2.34. The van der Waals surface area contributed by atoms with Gasteiger partial charge in [0.15, 0.2) is 23.3 Å². The second-order valence-corrected chi connectivity index (χ2v) is 5.84. The van der Waals surface area contributed by atoms with Crippen molar-refractivity contribution in [3.8, 4) is 18.1 Å². The lowest BCUT2D eigenvalue weighted by atomic mass is 10.1. The van der Waals surface area contributed by atoms with Gasteiger partial charge in [-0.3, -0.25) is 4.79 Å². The van der Waals surface area contributed by atoms with E-state index >= 15 is 0 Å². The summed E-state index contributed by atoms with van der Waals surface area (Å²) < 4.78 is 73.6. The summed E-state index contributed by atoms with van der Waals surface area (Å²) in [5.74, 6) is -9.33. The molecule has 2 aromatic rings. The molecule has 0 unspecified atom stereocenters. The van der Waals surface area contributed by atoms with Crippen LogP contribution < -0.4 is 9.75 Å². The molecule has 0 saturated heterocycles. The van der Waals surface area contributed by atoms with E-state index in [4.69, 9.17) is 11.2 Å². The van der Waals surface area contributed by atoms with E-state index in [2.05, 4.69) is 11.0 Å². The van der Waals surface area contributed by atoms with Crippen molar-refractivity contribution in [3.63, 3.8) is 0 Å². The first-order chi connectivity index (χ1) is 13.8. The fraction of sp³-hybridized carbons (Fsp3) is 0.100. The highest BCUT2D eigenvalue weighted by molar-refractivity contribution is 6.32. The van der Waals surface area contributed by atoms with E-state index in [0.29, 0.717) is 11.3 Å². The minimum absolute atomic E-state index is 0.0213. The smallest absolute Gasteiger partial charge is 0.280 e. The maximum absolute atomic E-state index is 14.0. The van der Waals surface area contributed by atoms with Gasteiger partial charge in [-0.05, 0) is 30.7 Å². The maximum Gasteiger partial charge on any atom is 0.280 e. The average molecular weight is 406 g/mol. The summed E-state index contributed by atoms with van der Waals surface area (Å²) in [7, 11) is 0. The number of hydrogen-bond donors (Lipinski definition) is 0. The standard InChI is InChI=1S/C20H11F5N2O2/c1-3-7-29-12-6-4-5-11(8-12)9-13-10(2)26-27(20(13)28)19-17(24)15(22)14(21)16(23)18(19)25/h1,4-6,8-9H,7H2,2H3/b13-9-. The van der Waals surface area contributed by atoms with Crippen molar-refractivity contribution in [2.24, 2.45) is 5.10 Å². The Balaban J connectivity index is 2.01. The van der Waals surface area contributed by atoms with Gasteiger partial charge in [0, 0.05) is 0 Å². The van der Waals surface area contributed by atoms with E-state index in [1.807, 2.05) is 0 Å². The Kier molecular flexibility index (Phi) is 5.37. The summed E-state index contributed by atoms with van der Waals surface area (Å²) in [6.07, 6.45) is 6.46. The Hall–Kier alpha value is -3.67. The highest BCUT2D eigenvalue weighted by atomic mass is 19.2. The van der Waals surface area contributed by atoms with Crippen molar-refractivity contribution in [1.82, 2.24) is 0 Å². The summed E-state index contributed by atoms with van der Waals surface area (Å²) in [5, 5.41) is 3.81. The Morgan fingerprint density at radius 3 is 2.34 bits per heavy atom. The van der Waals surface area contributed by atoms with Crippen LogP contribution in [0.4, 0.5) is 27.6 Å². The fourth-order valence-corrected chi connectivity index (χ4v) is 2.60. The lowest BCUT2D eigenvalue weighted by Gasteiger charge is -2.15. The number of hydrazone groups is 1. The Labute approximate surface area is 161 Å². The molecule has 0 radical (unpaired) electrons. The molecule has 0 aromatic heterocycles. The molecule has 0 N–H and O–H groups in total. The summed E-state index contributed by atoms with van der Waals surface area (Å²) in [5.41, 5.74) is -1.05. The molecular weight excluding hydrogens is 395 g/mol. The maximum atomic E-state index is 14.0. The molecule has 1 aliphatic rings. The number of terminal acetylenes is 1. The third-order valence-corrected chi connectivity index (χ3v) is 3.95. The van der Waals surface area contributed by atoms with Crippen LogP contribution >= 0.6 is 0 Å². The normalized spacial score (nSPS) is 14.9. The van der Waals surface area contributed by atoms with Crippen LogP contribution in [0.1, 0.15) is 12.5 Å². The van der Waals surface area contributed by atoms with E-state index in [1.165, 1.54) is 13.0 Å². The van der Waals surface area contributed by atoms with Crippen LogP contribution in [0.3, 0.4) is 0 Å². The molecule has 9 heteroatoms. The van der Waals surface area contributed by atoms with Gasteiger partial charge in [0.1, 0.15) is 18.0 Å². The number of hydrogen-bond acceptors (Lipinski definition) is 3. The van der Waals surface area contributed by atoms with Crippen LogP contribution in [0.25, 0.3) is 6.08 Å². The van der Waals surface area contributed by atoms with Crippen molar-refractivity contribution in [3.05, 3.63) is 64.5 Å². The van der Waals surface area contributed by atoms with Gasteiger partial charge >= 0.3 is 0 Å². The third kappa shape index (κ3) is 3.57. The number of amides is 1. The summed E-state index contributed by atoms with van der Waals surface area (Å²) in [6, 6.07) is 6.40. The number of ether oxygens (including phenoxy) is 1. The minimum Gasteiger partial charge on any atom is -0.481 e. The number of anilines is 1. The van der Waals surface area contributed by atoms with E-state index < -0.39 is 40.7 Å². The molecule has 0 fully saturated rings. The van der Waals surface area contributed by atoms with Crippen molar-refractivity contribution < 1.29 is 31.5 Å². The third-order valence-electron chi connectivity index (χ3n) is 3.95. The Morgan fingerprint density at radius 2 is 1.72 bits per heavy atom. The molecule has 1 aliphatic heterocycles. The van der Waals surface area contributed by atoms with Crippen LogP contribution in [0, 0.1) is 41.4 Å². The predicted octanol–water partition coefficient (Wildman–Crippen LogP) is 4.20. The second-order valence-electron chi connectivity index (χ2n) is 5.84. The topological polar surface area (TPSA) is 41.9 Å². The Morgan fingerprint density at radius 1 is 1.10 bits per heavy atom. The minimum atomic E-state index is -2.32. The van der Waals surface area contributed by atoms with Gasteiger partial charge in [-0.1, -0.05) is 18.1 Å². The zero-order valence-corrected chi connectivity index (χ0v) is 14.8. The zero-order valence-electron chi connectivity index (χ0n) is 14.8. The van der Waals surface area contributed by atoms with Gasteiger partial charge in [0.25, 0.3) is 5.91 Å². The van der Waals surface area contributed by atoms with Gasteiger partial charge in [-0.15, -0.1) is 6.42 Å². The van der Waals surface area contributed by atoms with Gasteiger partial charge < -0.3 is 4.74 Å². The zero-order chi connectivity index (χ0) is 21.3. The van der Waals surface area contributed by atoms with Gasteiger partial charge in [0.2, 0.25) is 5.82 Å². The molecular formula is C20H11F5N2O2. The average Bonchev–Trinajstić information content (AvgIpc) is 2.98. The lowest BCUT2D eigenvalue weighted by molar-refractivity contribution is -0.114. The van der Waals surface area contributed by atoms with E-state index in [1.54, 1.807) is 24.3 Å². The molecule has 1 heterocycles. The summed E-state index contributed by atoms with van der Waals surface area (Å²) in [6.45, 7) is 1.38. The molecule has 0 atom stereocenters. The summed E-state index contributed by atoms with van der Waals surface area (Å²) in [4.78, 5) is 12.6. The SMILES string of the molecule is C#CCOc1cccc(/C=C2\C(=O)N(c3c(F)c(F)c(F)c(F)c3F)N=C2C)c1. The van der Waals surface area contributed by atoms with Crippen molar-refractivity contribution in [2.45, 2.75) is 6.92 Å². The number of nitrogens with zero attached hydrogens (tertiary/aromatic N) is 2. The van der Waals surface area contributed by atoms with Crippen molar-refractivity contribution in [1.29, 1.82) is 0 Å². The highest BCUT2D eigenvalue weighted by Gasteiger charge is 2.36. The van der Waals surface area contributed by atoms with Crippen LogP contribution in [0.2, 0.25) is 0 Å². The van der Waals surface area contributed by atoms with E-state index in [-0.39, 0.29) is 22.9 Å². The number of benzene rings is 2. The Bertz CT molecular complexity index is 1090. The van der Waals surface area contributed by atoms with E-state index in [9.17, 15) is 26.7 Å². The van der Waals surface area contributed by atoms with E-state index in [0.717, 1.165) is 0 Å². The van der Waals surface area contributed by atoms with Gasteiger partial charge in [0.05, 0.1) is 11.3 Å². The first-order valence-corrected chi connectivity index (χ1v) is 8.05. The molecule has 0 spiro atoms. The molecule has 29 heavy (non-hydrogen) atoms. The lowest BCUT2D eigenvalue weighted by Crippen LogP contribution is -2.25. The first-order valence-electron chi connectivity index (χ1n) is 8.05. The second kappa shape index (κ2) is 7.75. The van der Waals surface area contributed by atoms with Crippen LogP contribution in [-0.4, -0.2) is 18.2 Å². The molecule has 4 nitrogen and oxygen atoms in total. The van der Waals surface area contributed by atoms with Gasteiger partial charge in [-0.25, -0.2) is 22.0 Å². The fourth-order valence-electron chi connectivity index (χ4n) is 2.60. The van der Waals surface area contributed by atoms with Crippen LogP contribution in [0.15, 0.2) is 34.9 Å². The molecule has 2 aromatic carbocycles. The quantitative estimate of drug-likeness (QED) is 0.251. The van der Waals surface area contributed by atoms with Crippen LogP contribution in [0.5, 0.6) is 5.75 Å². The van der Waals surface area contributed by atoms with Crippen LogP contribution in [-0.2, 0) is 4.79 Å². The molecule has 0 bridgehead atoms. The molecule has 0 saturated carbocycles. The largest absolute Gasteiger partial charge is 0.481 e. The molecule has 148 valence electrons. The molecule has 0 aliphatic carbocycles. The number of carbonyl (C=O) groups excluding carboxylic acids is 1. The molecule has 3 rings (SSSR count). The number of halogens is 5. The number of carbonyl (C=O) groups is 1. The van der Waals surface area contributed by atoms with Crippen molar-refractivity contribution in [2.75, 3.05) is 11.6 Å². The first kappa shape index (κ1) is 20.1. The van der Waals surface area contributed by atoms with Gasteiger partial charge in [-0.2, -0.15) is 10.1 Å². The number of rotatable bonds is 4. The summed E-state index contributed by atoms with van der Waals surface area (Å²) >= 11 is 0.